The van der Waals surface area contributed by atoms with Gasteiger partial charge < -0.3 is 16.2 Å². The third-order valence-corrected chi connectivity index (χ3v) is 6.90. The minimum atomic E-state index is -0.735. The first kappa shape index (κ1) is 24.5. The third-order valence-electron chi connectivity index (χ3n) is 6.90. The first-order chi connectivity index (χ1) is 15.5. The fourth-order valence-electron chi connectivity index (χ4n) is 5.05. The Balaban J connectivity index is 1.80. The SMILES string of the molecule is CCCCn1c(O)c(C(=N)N)c(=O)n(C2CCC(C[C@]3(C)CC(=O)N(C)C(=O)N3)CC2)c1=O. The van der Waals surface area contributed by atoms with Crippen molar-refractivity contribution in [3.8, 4) is 5.88 Å². The number of hydrogen-bond donors (Lipinski definition) is 4. The van der Waals surface area contributed by atoms with Gasteiger partial charge in [-0.2, -0.15) is 0 Å². The molecule has 1 atom stereocenters. The predicted octanol–water partition coefficient (Wildman–Crippen LogP) is 1.25. The van der Waals surface area contributed by atoms with Gasteiger partial charge in [0.05, 0.1) is 6.42 Å². The van der Waals surface area contributed by atoms with Crippen LogP contribution >= 0.6 is 0 Å². The summed E-state index contributed by atoms with van der Waals surface area (Å²) in [5.41, 5.74) is 3.28. The summed E-state index contributed by atoms with van der Waals surface area (Å²) in [5.74, 6) is -1.10. The first-order valence-electron chi connectivity index (χ1n) is 11.5. The molecular weight excluding hydrogens is 428 g/mol. The molecule has 11 nitrogen and oxygen atoms in total. The van der Waals surface area contributed by atoms with Crippen LogP contribution in [0.5, 0.6) is 5.88 Å². The molecule has 1 aromatic rings. The Morgan fingerprint density at radius 1 is 1.21 bits per heavy atom. The van der Waals surface area contributed by atoms with Crippen molar-refractivity contribution in [2.45, 2.75) is 83.3 Å². The zero-order valence-corrected chi connectivity index (χ0v) is 19.5. The molecule has 0 radical (unpaired) electrons. The summed E-state index contributed by atoms with van der Waals surface area (Å²) in [6, 6.07) is -0.767. The Kier molecular flexibility index (Phi) is 6.99. The van der Waals surface area contributed by atoms with Gasteiger partial charge in [-0.3, -0.25) is 29.0 Å². The predicted molar refractivity (Wildman–Crippen MR) is 122 cm³/mol. The number of nitrogens with two attached hydrogens (primary N) is 1. The number of amidine groups is 1. The van der Waals surface area contributed by atoms with Gasteiger partial charge in [0, 0.05) is 25.2 Å². The molecule has 1 aliphatic heterocycles. The van der Waals surface area contributed by atoms with Crippen molar-refractivity contribution in [1.82, 2.24) is 19.4 Å². The van der Waals surface area contributed by atoms with E-state index < -0.39 is 34.5 Å². The van der Waals surface area contributed by atoms with Gasteiger partial charge in [0.15, 0.2) is 0 Å². The van der Waals surface area contributed by atoms with Gasteiger partial charge in [-0.1, -0.05) is 13.3 Å². The fraction of sp³-hybridized carbons (Fsp3) is 0.682. The van der Waals surface area contributed by atoms with E-state index in [1.807, 2.05) is 13.8 Å². The molecule has 5 N–H and O–H groups in total. The van der Waals surface area contributed by atoms with E-state index in [0.717, 1.165) is 33.3 Å². The van der Waals surface area contributed by atoms with Gasteiger partial charge in [-0.25, -0.2) is 9.59 Å². The molecule has 1 saturated heterocycles. The molecule has 2 fully saturated rings. The Morgan fingerprint density at radius 3 is 2.39 bits per heavy atom. The number of carbonyl (C=O) groups is 2. The summed E-state index contributed by atoms with van der Waals surface area (Å²) in [5, 5.41) is 21.1. The van der Waals surface area contributed by atoms with E-state index in [1.165, 1.54) is 7.05 Å². The second kappa shape index (κ2) is 9.40. The number of rotatable bonds is 7. The minimum Gasteiger partial charge on any atom is -0.494 e. The number of unbranched alkanes of at least 4 members (excludes halogenated alkanes) is 1. The molecule has 0 unspecified atom stereocenters. The van der Waals surface area contributed by atoms with Gasteiger partial charge >= 0.3 is 11.7 Å². The highest BCUT2D eigenvalue weighted by Crippen LogP contribution is 2.37. The van der Waals surface area contributed by atoms with E-state index in [0.29, 0.717) is 25.7 Å². The third kappa shape index (κ3) is 4.81. The molecule has 1 aromatic heterocycles. The molecule has 3 rings (SSSR count). The van der Waals surface area contributed by atoms with Crippen molar-refractivity contribution in [2.24, 2.45) is 11.7 Å². The molecule has 11 heteroatoms. The van der Waals surface area contributed by atoms with Gasteiger partial charge in [-0.05, 0) is 51.4 Å². The average Bonchev–Trinajstić information content (AvgIpc) is 2.72. The van der Waals surface area contributed by atoms with Crippen LogP contribution in [0.3, 0.4) is 0 Å². The molecule has 0 spiro atoms. The molecule has 0 bridgehead atoms. The Bertz CT molecular complexity index is 1050. The smallest absolute Gasteiger partial charge is 0.334 e. The largest absolute Gasteiger partial charge is 0.494 e. The lowest BCUT2D eigenvalue weighted by atomic mass is 9.76. The monoisotopic (exact) mass is 462 g/mol. The zero-order chi connectivity index (χ0) is 24.5. The number of nitrogens with one attached hydrogen (secondary N) is 2. The van der Waals surface area contributed by atoms with Crippen LogP contribution in [-0.4, -0.2) is 49.5 Å². The fourth-order valence-corrected chi connectivity index (χ4v) is 5.05. The molecule has 2 aliphatic rings. The van der Waals surface area contributed by atoms with Crippen molar-refractivity contribution in [3.05, 3.63) is 26.4 Å². The maximum absolute atomic E-state index is 13.1. The molecule has 33 heavy (non-hydrogen) atoms. The molecule has 1 saturated carbocycles. The zero-order valence-electron chi connectivity index (χ0n) is 19.5. The number of urea groups is 1. The van der Waals surface area contributed by atoms with Crippen molar-refractivity contribution in [1.29, 1.82) is 5.41 Å². The summed E-state index contributed by atoms with van der Waals surface area (Å²) < 4.78 is 2.28. The van der Waals surface area contributed by atoms with Crippen molar-refractivity contribution >= 4 is 17.8 Å². The lowest BCUT2D eigenvalue weighted by molar-refractivity contribution is -0.130. The summed E-state index contributed by atoms with van der Waals surface area (Å²) in [6.45, 7) is 4.06. The molecular formula is C22H34N6O5. The van der Waals surface area contributed by atoms with Gasteiger partial charge in [-0.15, -0.1) is 0 Å². The topological polar surface area (TPSA) is 164 Å². The number of aromatic hydroxyl groups is 1. The van der Waals surface area contributed by atoms with E-state index >= 15 is 0 Å². The van der Waals surface area contributed by atoms with Gasteiger partial charge in [0.1, 0.15) is 11.4 Å². The van der Waals surface area contributed by atoms with E-state index in [2.05, 4.69) is 5.32 Å². The maximum Gasteiger partial charge on any atom is 0.334 e. The molecule has 3 amide bonds. The molecule has 1 aliphatic carbocycles. The number of hydrogen-bond acceptors (Lipinski definition) is 6. The Morgan fingerprint density at radius 2 is 1.85 bits per heavy atom. The average molecular weight is 463 g/mol. The van der Waals surface area contributed by atoms with Crippen LogP contribution in [0.1, 0.15) is 76.8 Å². The number of nitrogen functional groups attached to an aromatic ring is 1. The van der Waals surface area contributed by atoms with Crippen LogP contribution in [0, 0.1) is 11.3 Å². The lowest BCUT2D eigenvalue weighted by Crippen LogP contribution is -2.60. The van der Waals surface area contributed by atoms with Crippen LogP contribution in [-0.2, 0) is 11.3 Å². The second-order valence-corrected chi connectivity index (χ2v) is 9.57. The Labute approximate surface area is 192 Å². The summed E-state index contributed by atoms with van der Waals surface area (Å²) in [6.07, 6.45) is 4.86. The van der Waals surface area contributed by atoms with E-state index in [1.54, 1.807) is 0 Å². The molecule has 0 aromatic carbocycles. The Hall–Kier alpha value is -3.11. The standard InChI is InChI=1S/C22H34N6O5/c1-4-5-10-27-18(30)16(17(23)24)19(31)28(21(27)33)14-8-6-13(7-9-14)11-22(2)12-15(29)26(3)20(32)25-22/h13-14,30H,4-12H2,1-3H3,(H3,23,24)(H,25,32)/t13?,14?,22-/m1/s1. The van der Waals surface area contributed by atoms with Crippen molar-refractivity contribution in [2.75, 3.05) is 7.05 Å². The maximum atomic E-state index is 13.1. The van der Waals surface area contributed by atoms with Crippen LogP contribution in [0.2, 0.25) is 0 Å². The molecule has 2 heterocycles. The van der Waals surface area contributed by atoms with Crippen LogP contribution in [0.15, 0.2) is 9.59 Å². The van der Waals surface area contributed by atoms with E-state index in [4.69, 9.17) is 11.1 Å². The molecule has 182 valence electrons. The number of imide groups is 1. The van der Waals surface area contributed by atoms with Crippen LogP contribution in [0.4, 0.5) is 4.79 Å². The second-order valence-electron chi connectivity index (χ2n) is 9.57. The normalized spacial score (nSPS) is 25.7. The van der Waals surface area contributed by atoms with Crippen molar-refractivity contribution in [3.63, 3.8) is 0 Å². The highest BCUT2D eigenvalue weighted by Gasteiger charge is 2.40. The number of nitrogens with zero attached hydrogens (tertiary/aromatic N) is 3. The quantitative estimate of drug-likeness (QED) is 0.352. The summed E-state index contributed by atoms with van der Waals surface area (Å²) in [4.78, 5) is 51.4. The van der Waals surface area contributed by atoms with E-state index in [-0.39, 0.29) is 36.4 Å². The van der Waals surface area contributed by atoms with Crippen LogP contribution < -0.4 is 22.3 Å². The lowest BCUT2D eigenvalue weighted by Gasteiger charge is -2.41. The minimum absolute atomic E-state index is 0.213. The summed E-state index contributed by atoms with van der Waals surface area (Å²) in [7, 11) is 1.46. The van der Waals surface area contributed by atoms with Crippen LogP contribution in [0.25, 0.3) is 0 Å². The van der Waals surface area contributed by atoms with E-state index in [9.17, 15) is 24.3 Å². The van der Waals surface area contributed by atoms with Crippen molar-refractivity contribution < 1.29 is 14.7 Å². The number of aromatic nitrogens is 2. The first-order valence-corrected chi connectivity index (χ1v) is 11.5. The van der Waals surface area contributed by atoms with Gasteiger partial charge in [0.25, 0.3) is 5.56 Å². The summed E-state index contributed by atoms with van der Waals surface area (Å²) >= 11 is 0. The highest BCUT2D eigenvalue weighted by molar-refractivity contribution is 5.97. The highest BCUT2D eigenvalue weighted by atomic mass is 16.3. The van der Waals surface area contributed by atoms with Gasteiger partial charge in [0.2, 0.25) is 11.8 Å². The number of carbonyl (C=O) groups excluding carboxylic acids is 2. The number of amides is 3.